The van der Waals surface area contributed by atoms with Gasteiger partial charge in [-0.2, -0.15) is 0 Å². The average Bonchev–Trinajstić information content (AvgIpc) is 3.07. The maximum absolute atomic E-state index is 5.40. The van der Waals surface area contributed by atoms with Gasteiger partial charge in [0.1, 0.15) is 0 Å². The van der Waals surface area contributed by atoms with Gasteiger partial charge in [0.05, 0.1) is 22.8 Å². The summed E-state index contributed by atoms with van der Waals surface area (Å²) in [7, 11) is 0. The Morgan fingerprint density at radius 3 is 1.30 bits per heavy atom. The maximum atomic E-state index is 5.40. The van der Waals surface area contributed by atoms with Crippen molar-refractivity contribution < 1.29 is 16.5 Å². The molecule has 0 radical (unpaired) electrons. The van der Waals surface area contributed by atoms with Gasteiger partial charge in [-0.05, 0) is 104 Å². The summed E-state index contributed by atoms with van der Waals surface area (Å²) in [6, 6.07) is 13.8. The van der Waals surface area contributed by atoms with Gasteiger partial charge < -0.3 is 0 Å². The summed E-state index contributed by atoms with van der Waals surface area (Å²) in [6.45, 7) is 13.6. The van der Waals surface area contributed by atoms with Crippen molar-refractivity contribution in [1.29, 1.82) is 0 Å². The Morgan fingerprint density at radius 1 is 0.478 bits per heavy atom. The topological polar surface area (TPSA) is 24.7 Å². The molecule has 3 heteroatoms. The van der Waals surface area contributed by atoms with Crippen molar-refractivity contribution in [3.05, 3.63) is 70.8 Å². The fraction of sp³-hybridized carbons (Fsp3) is 0.628. The zero-order valence-corrected chi connectivity index (χ0v) is 31.7. The van der Waals surface area contributed by atoms with Crippen LogP contribution in [0.4, 0.5) is 11.4 Å². The molecule has 2 aromatic rings. The molecule has 0 aliphatic carbocycles. The number of unbranched alkanes of at least 4 members (excludes halogenated alkanes) is 14. The molecule has 2 nitrogen and oxygen atoms in total. The van der Waals surface area contributed by atoms with Gasteiger partial charge >= 0.3 is 0 Å². The minimum absolute atomic E-state index is 0. The molecule has 0 aromatic heterocycles. The Kier molecular flexibility index (Phi) is 24.7. The van der Waals surface area contributed by atoms with E-state index in [9.17, 15) is 0 Å². The molecule has 0 saturated carbocycles. The van der Waals surface area contributed by atoms with E-state index in [1.807, 2.05) is 0 Å². The number of nitrogens with zero attached hydrogens (tertiary/aromatic N) is 2. The van der Waals surface area contributed by atoms with Gasteiger partial charge in [-0.25, -0.2) is 4.99 Å². The zero-order valence-electron chi connectivity index (χ0n) is 30.7. The number of aryl methyl sites for hydroxylation is 4. The molecular formula is C43H68N2Ni. The first-order chi connectivity index (χ1) is 22.1. The number of hydrogen-bond acceptors (Lipinski definition) is 2. The molecule has 46 heavy (non-hydrogen) atoms. The van der Waals surface area contributed by atoms with Crippen LogP contribution < -0.4 is 0 Å². The Morgan fingerprint density at radius 2 is 0.870 bits per heavy atom. The summed E-state index contributed by atoms with van der Waals surface area (Å²) in [6.07, 6.45) is 30.9. The average molecular weight is 672 g/mol. The number of rotatable bonds is 25. The van der Waals surface area contributed by atoms with Gasteiger partial charge in [-0.3, -0.25) is 4.99 Å². The first-order valence-electron chi connectivity index (χ1n) is 19.1. The third-order valence-corrected chi connectivity index (χ3v) is 9.03. The van der Waals surface area contributed by atoms with Crippen molar-refractivity contribution in [2.24, 2.45) is 9.98 Å². The number of allylic oxidation sites excluding steroid dienone is 2. The van der Waals surface area contributed by atoms with E-state index >= 15 is 0 Å². The Bertz CT molecular complexity index is 1110. The molecule has 2 aromatic carbocycles. The molecule has 0 aliphatic heterocycles. The number of aliphatic imine (C=N–C) groups is 2. The van der Waals surface area contributed by atoms with Gasteiger partial charge in [0.2, 0.25) is 0 Å². The van der Waals surface area contributed by atoms with Crippen molar-refractivity contribution in [3.63, 3.8) is 0 Å². The smallest absolute Gasteiger partial charge is 0.0848 e. The van der Waals surface area contributed by atoms with E-state index in [4.69, 9.17) is 9.98 Å². The monoisotopic (exact) mass is 670 g/mol. The van der Waals surface area contributed by atoms with Crippen LogP contribution >= 0.6 is 0 Å². The molecule has 0 saturated heterocycles. The summed E-state index contributed by atoms with van der Waals surface area (Å²) in [4.78, 5) is 10.8. The molecule has 0 amide bonds. The van der Waals surface area contributed by atoms with Crippen molar-refractivity contribution in [1.82, 2.24) is 0 Å². The molecule has 0 heterocycles. The van der Waals surface area contributed by atoms with E-state index in [1.165, 1.54) is 112 Å². The minimum Gasteiger partial charge on any atom is -0.251 e. The van der Waals surface area contributed by atoms with Gasteiger partial charge in [-0.15, -0.1) is 0 Å². The third-order valence-electron chi connectivity index (χ3n) is 9.03. The summed E-state index contributed by atoms with van der Waals surface area (Å²) in [5, 5.41) is 0. The van der Waals surface area contributed by atoms with Crippen molar-refractivity contribution in [2.75, 3.05) is 0 Å². The van der Waals surface area contributed by atoms with E-state index in [0.29, 0.717) is 0 Å². The van der Waals surface area contributed by atoms with Gasteiger partial charge in [0.15, 0.2) is 0 Å². The number of benzene rings is 2. The molecule has 0 aliphatic rings. The third kappa shape index (κ3) is 17.8. The molecule has 260 valence electrons. The quantitative estimate of drug-likeness (QED) is 0.0570. The SMILES string of the molecule is CCCCCCCCCCC/C=C/C(=N\c1cc(CC)cc(CC)c1)C(/CCCCCCCC)=N/c1cc(CC)cc(CC)c1.[Ni]. The fourth-order valence-corrected chi connectivity index (χ4v) is 6.01. The second-order valence-electron chi connectivity index (χ2n) is 13.0. The largest absolute Gasteiger partial charge is 0.251 e. The van der Waals surface area contributed by atoms with Crippen LogP contribution in [0.15, 0.2) is 58.5 Å². The first-order valence-corrected chi connectivity index (χ1v) is 19.1. The van der Waals surface area contributed by atoms with Crippen LogP contribution in [0, 0.1) is 0 Å². The van der Waals surface area contributed by atoms with Crippen molar-refractivity contribution in [2.45, 2.75) is 176 Å². The van der Waals surface area contributed by atoms with E-state index in [-0.39, 0.29) is 16.5 Å². The van der Waals surface area contributed by atoms with Gasteiger partial charge in [0.25, 0.3) is 0 Å². The van der Waals surface area contributed by atoms with Crippen LogP contribution in [-0.4, -0.2) is 11.4 Å². The van der Waals surface area contributed by atoms with E-state index in [1.54, 1.807) is 0 Å². The van der Waals surface area contributed by atoms with Crippen LogP contribution in [0.25, 0.3) is 0 Å². The first kappa shape index (κ1) is 42.0. The van der Waals surface area contributed by atoms with Gasteiger partial charge in [-0.1, -0.05) is 143 Å². The fourth-order valence-electron chi connectivity index (χ4n) is 6.01. The van der Waals surface area contributed by atoms with Crippen LogP contribution in [0.5, 0.6) is 0 Å². The predicted molar refractivity (Wildman–Crippen MR) is 204 cm³/mol. The minimum atomic E-state index is 0. The zero-order chi connectivity index (χ0) is 32.5. The van der Waals surface area contributed by atoms with Crippen LogP contribution in [0.3, 0.4) is 0 Å². The second-order valence-corrected chi connectivity index (χ2v) is 13.0. The molecule has 0 unspecified atom stereocenters. The number of hydrogen-bond donors (Lipinski definition) is 0. The predicted octanol–water partition coefficient (Wildman–Crippen LogP) is 14.0. The van der Waals surface area contributed by atoms with Crippen LogP contribution in [-0.2, 0) is 42.2 Å². The van der Waals surface area contributed by atoms with Gasteiger partial charge in [0, 0.05) is 16.5 Å². The van der Waals surface area contributed by atoms with E-state index in [2.05, 4.69) is 90.1 Å². The normalized spacial score (nSPS) is 12.2. The molecule has 0 N–H and O–H groups in total. The molecular weight excluding hydrogens is 603 g/mol. The van der Waals surface area contributed by atoms with Crippen LogP contribution in [0.2, 0.25) is 0 Å². The Labute approximate surface area is 295 Å². The standard InChI is InChI=1S/C43H68N2.Ni/c1-7-13-15-17-19-20-21-22-23-25-27-29-43(45-41-34-38(11-5)31-39(12-6)35-41)42(28-26-24-18-16-14-8-2)44-40-32-36(9-3)30-37(10-4)33-40;/h27,29-35H,7-26,28H2,1-6H3;/b29-27+,44-42+,45-43+;. The second kappa shape index (κ2) is 27.0. The Hall–Kier alpha value is -1.99. The Balaban J connectivity index is 0.0000106. The molecule has 0 spiro atoms. The van der Waals surface area contributed by atoms with Crippen molar-refractivity contribution >= 4 is 22.8 Å². The van der Waals surface area contributed by atoms with E-state index < -0.39 is 0 Å². The molecule has 2 rings (SSSR count). The molecule has 0 fully saturated rings. The summed E-state index contributed by atoms with van der Waals surface area (Å²) in [5.41, 5.74) is 9.82. The van der Waals surface area contributed by atoms with Crippen molar-refractivity contribution in [3.8, 4) is 0 Å². The summed E-state index contributed by atoms with van der Waals surface area (Å²) < 4.78 is 0. The molecule has 0 atom stereocenters. The molecule has 0 bridgehead atoms. The summed E-state index contributed by atoms with van der Waals surface area (Å²) >= 11 is 0. The van der Waals surface area contributed by atoms with Crippen LogP contribution in [0.1, 0.15) is 173 Å². The van der Waals surface area contributed by atoms with E-state index in [0.717, 1.165) is 67.7 Å². The maximum Gasteiger partial charge on any atom is 0.0848 e. The summed E-state index contributed by atoms with van der Waals surface area (Å²) in [5.74, 6) is 0.